The molecule has 1 aliphatic rings. The number of carbonyl (C=O) groups excluding carboxylic acids is 1. The number of ether oxygens (including phenoxy) is 1. The molecule has 1 fully saturated rings. The zero-order valence-corrected chi connectivity index (χ0v) is 12.1. The molecule has 1 aromatic heterocycles. The molecule has 21 heavy (non-hydrogen) atoms. The summed E-state index contributed by atoms with van der Waals surface area (Å²) in [5.74, 6) is -1.82. The molecule has 114 valence electrons. The van der Waals surface area contributed by atoms with Gasteiger partial charge < -0.3 is 14.7 Å². The molecule has 0 saturated carbocycles. The number of aromatic nitrogens is 2. The average Bonchev–Trinajstić information content (AvgIpc) is 3.06. The Morgan fingerprint density at radius 3 is 2.90 bits per heavy atom. The third-order valence-electron chi connectivity index (χ3n) is 3.53. The summed E-state index contributed by atoms with van der Waals surface area (Å²) >= 11 is 0. The van der Waals surface area contributed by atoms with Gasteiger partial charge in [0.25, 0.3) is 0 Å². The Bertz CT molecular complexity index is 552. The molecular weight excluding hydrogens is 274 g/mol. The zero-order chi connectivity index (χ0) is 15.4. The summed E-state index contributed by atoms with van der Waals surface area (Å²) < 4.78 is 6.86. The number of carboxylic acid groups (broad SMARTS) is 1. The van der Waals surface area contributed by atoms with Gasteiger partial charge >= 0.3 is 5.97 Å². The number of aryl methyl sites for hydroxylation is 1. The standard InChI is InChI=1S/C14H19N3O4/c1-3-17(12-9-21-8-11(12)14(19)20)13(18)5-4-10-6-15-16(2)7-10/h4-7,11-12H,3,8-9H2,1-2H3,(H,19,20). The molecule has 2 rings (SSSR count). The van der Waals surface area contributed by atoms with E-state index in [4.69, 9.17) is 4.74 Å². The molecule has 2 atom stereocenters. The minimum absolute atomic E-state index is 0.149. The van der Waals surface area contributed by atoms with E-state index < -0.39 is 17.9 Å². The van der Waals surface area contributed by atoms with Gasteiger partial charge in [-0.1, -0.05) is 0 Å². The highest BCUT2D eigenvalue weighted by molar-refractivity contribution is 5.92. The number of hydrogen-bond donors (Lipinski definition) is 1. The van der Waals surface area contributed by atoms with Crippen LogP contribution in [-0.2, 0) is 21.4 Å². The van der Waals surface area contributed by atoms with Crippen molar-refractivity contribution in [2.45, 2.75) is 13.0 Å². The quantitative estimate of drug-likeness (QED) is 0.793. The molecule has 2 unspecified atom stereocenters. The molecule has 1 aromatic rings. The molecular formula is C14H19N3O4. The van der Waals surface area contributed by atoms with Gasteiger partial charge in [-0.3, -0.25) is 14.3 Å². The van der Waals surface area contributed by atoms with Gasteiger partial charge in [0.05, 0.1) is 25.5 Å². The van der Waals surface area contributed by atoms with Crippen LogP contribution in [0.3, 0.4) is 0 Å². The van der Waals surface area contributed by atoms with E-state index in [-0.39, 0.29) is 19.1 Å². The van der Waals surface area contributed by atoms with E-state index in [2.05, 4.69) is 5.10 Å². The van der Waals surface area contributed by atoms with Crippen molar-refractivity contribution in [2.75, 3.05) is 19.8 Å². The predicted molar refractivity (Wildman–Crippen MR) is 75.4 cm³/mol. The maximum absolute atomic E-state index is 12.3. The monoisotopic (exact) mass is 293 g/mol. The van der Waals surface area contributed by atoms with Crippen molar-refractivity contribution in [3.8, 4) is 0 Å². The van der Waals surface area contributed by atoms with E-state index >= 15 is 0 Å². The highest BCUT2D eigenvalue weighted by atomic mass is 16.5. The van der Waals surface area contributed by atoms with Gasteiger partial charge in [0.15, 0.2) is 0 Å². The lowest BCUT2D eigenvalue weighted by molar-refractivity contribution is -0.144. The Morgan fingerprint density at radius 2 is 2.33 bits per heavy atom. The summed E-state index contributed by atoms with van der Waals surface area (Å²) in [5, 5.41) is 13.2. The van der Waals surface area contributed by atoms with E-state index in [1.807, 2.05) is 6.92 Å². The van der Waals surface area contributed by atoms with E-state index in [9.17, 15) is 14.7 Å². The van der Waals surface area contributed by atoms with Gasteiger partial charge in [0.1, 0.15) is 5.92 Å². The van der Waals surface area contributed by atoms with E-state index in [1.54, 1.807) is 35.1 Å². The van der Waals surface area contributed by atoms with Crippen LogP contribution >= 0.6 is 0 Å². The van der Waals surface area contributed by atoms with Crippen molar-refractivity contribution in [3.05, 3.63) is 24.0 Å². The van der Waals surface area contributed by atoms with Gasteiger partial charge in [-0.25, -0.2) is 0 Å². The molecule has 1 amide bonds. The average molecular weight is 293 g/mol. The molecule has 0 spiro atoms. The van der Waals surface area contributed by atoms with Gasteiger partial charge in [-0.05, 0) is 13.0 Å². The first-order valence-corrected chi connectivity index (χ1v) is 6.80. The Labute approximate surface area is 122 Å². The first-order valence-electron chi connectivity index (χ1n) is 6.80. The maximum Gasteiger partial charge on any atom is 0.311 e. The summed E-state index contributed by atoms with van der Waals surface area (Å²) in [5.41, 5.74) is 0.819. The number of hydrogen-bond acceptors (Lipinski definition) is 4. The van der Waals surface area contributed by atoms with Gasteiger partial charge in [-0.2, -0.15) is 5.10 Å². The maximum atomic E-state index is 12.3. The number of rotatable bonds is 5. The van der Waals surface area contributed by atoms with Crippen LogP contribution in [0, 0.1) is 5.92 Å². The van der Waals surface area contributed by atoms with Crippen molar-refractivity contribution in [2.24, 2.45) is 13.0 Å². The number of carbonyl (C=O) groups is 2. The Kier molecular flexibility index (Phi) is 4.74. The molecule has 0 radical (unpaired) electrons. The SMILES string of the molecule is CCN(C(=O)C=Cc1cnn(C)c1)C1COCC1C(=O)O. The smallest absolute Gasteiger partial charge is 0.311 e. The molecule has 1 aliphatic heterocycles. The number of likely N-dealkylation sites (N-methyl/N-ethyl adjacent to an activating group) is 1. The van der Waals surface area contributed by atoms with Crippen LogP contribution in [0.4, 0.5) is 0 Å². The highest BCUT2D eigenvalue weighted by Crippen LogP contribution is 2.20. The third-order valence-corrected chi connectivity index (χ3v) is 3.53. The topological polar surface area (TPSA) is 84.7 Å². The van der Waals surface area contributed by atoms with Crippen molar-refractivity contribution >= 4 is 18.0 Å². The lowest BCUT2D eigenvalue weighted by Gasteiger charge is -2.28. The second kappa shape index (κ2) is 6.53. The second-order valence-corrected chi connectivity index (χ2v) is 4.95. The fourth-order valence-corrected chi connectivity index (χ4v) is 2.43. The second-order valence-electron chi connectivity index (χ2n) is 4.95. The van der Waals surface area contributed by atoms with Crippen LogP contribution in [0.1, 0.15) is 12.5 Å². The third kappa shape index (κ3) is 3.49. The number of nitrogens with zero attached hydrogens (tertiary/aromatic N) is 3. The molecule has 2 heterocycles. The molecule has 0 bridgehead atoms. The first kappa shape index (κ1) is 15.2. The molecule has 7 nitrogen and oxygen atoms in total. The first-order chi connectivity index (χ1) is 10.0. The van der Waals surface area contributed by atoms with Gasteiger partial charge in [0.2, 0.25) is 5.91 Å². The fourth-order valence-electron chi connectivity index (χ4n) is 2.43. The molecule has 1 N–H and O–H groups in total. The van der Waals surface area contributed by atoms with Crippen LogP contribution in [0.25, 0.3) is 6.08 Å². The summed E-state index contributed by atoms with van der Waals surface area (Å²) in [4.78, 5) is 25.0. The molecule has 1 saturated heterocycles. The van der Waals surface area contributed by atoms with Crippen LogP contribution in [-0.4, -0.2) is 57.5 Å². The summed E-state index contributed by atoms with van der Waals surface area (Å²) in [6, 6.07) is -0.418. The van der Waals surface area contributed by atoms with Crippen LogP contribution in [0.2, 0.25) is 0 Å². The van der Waals surface area contributed by atoms with Crippen molar-refractivity contribution in [1.29, 1.82) is 0 Å². The molecule has 7 heteroatoms. The normalized spacial score (nSPS) is 21.8. The summed E-state index contributed by atoms with van der Waals surface area (Å²) in [7, 11) is 1.80. The van der Waals surface area contributed by atoms with Crippen molar-refractivity contribution < 1.29 is 19.4 Å². The Hall–Kier alpha value is -2.15. The van der Waals surface area contributed by atoms with Crippen molar-refractivity contribution in [1.82, 2.24) is 14.7 Å². The number of aliphatic carboxylic acids is 1. The molecule has 0 aliphatic carbocycles. The number of carboxylic acids is 1. The lowest BCUT2D eigenvalue weighted by atomic mass is 10.0. The number of amides is 1. The van der Waals surface area contributed by atoms with Crippen LogP contribution < -0.4 is 0 Å². The predicted octanol–water partition coefficient (Wildman–Crippen LogP) is 0.381. The largest absolute Gasteiger partial charge is 0.481 e. The van der Waals surface area contributed by atoms with E-state index in [0.29, 0.717) is 6.54 Å². The Balaban J connectivity index is 2.08. The van der Waals surface area contributed by atoms with Gasteiger partial charge in [-0.15, -0.1) is 0 Å². The molecule has 0 aromatic carbocycles. The summed E-state index contributed by atoms with van der Waals surface area (Å²) in [6.45, 7) is 2.68. The summed E-state index contributed by atoms with van der Waals surface area (Å²) in [6.07, 6.45) is 6.55. The zero-order valence-electron chi connectivity index (χ0n) is 12.1. The van der Waals surface area contributed by atoms with Gasteiger partial charge in [0, 0.05) is 31.4 Å². The van der Waals surface area contributed by atoms with E-state index in [0.717, 1.165) is 5.56 Å². The van der Waals surface area contributed by atoms with Crippen molar-refractivity contribution in [3.63, 3.8) is 0 Å². The lowest BCUT2D eigenvalue weighted by Crippen LogP contribution is -2.45. The van der Waals surface area contributed by atoms with Crippen LogP contribution in [0.15, 0.2) is 18.5 Å². The minimum Gasteiger partial charge on any atom is -0.481 e. The Morgan fingerprint density at radius 1 is 1.57 bits per heavy atom. The highest BCUT2D eigenvalue weighted by Gasteiger charge is 2.38. The fraction of sp³-hybridized carbons (Fsp3) is 0.500. The van der Waals surface area contributed by atoms with E-state index in [1.165, 1.54) is 6.08 Å². The van der Waals surface area contributed by atoms with Crippen LogP contribution in [0.5, 0.6) is 0 Å². The minimum atomic E-state index is -0.931.